The molecule has 192 valence electrons. The minimum absolute atomic E-state index is 0.0779. The highest BCUT2D eigenvalue weighted by atomic mass is 16.5. The third-order valence-electron chi connectivity index (χ3n) is 11.1. The Morgan fingerprint density at radius 3 is 2.60 bits per heavy atom. The molecule has 0 bridgehead atoms. The summed E-state index contributed by atoms with van der Waals surface area (Å²) in [5.41, 5.74) is 7.26. The van der Waals surface area contributed by atoms with Gasteiger partial charge in [0.05, 0.1) is 12.8 Å². The van der Waals surface area contributed by atoms with Crippen LogP contribution in [-0.4, -0.2) is 19.4 Å². The van der Waals surface area contributed by atoms with Crippen molar-refractivity contribution in [3.05, 3.63) is 18.2 Å². The molecule has 4 aliphatic rings. The molecular weight excluding hydrogens is 434 g/mol. The molecule has 2 N–H and O–H groups in total. The molecule has 4 fully saturated rings. The Kier molecular flexibility index (Phi) is 6.74. The number of carbonyl (C=O) groups excluding carboxylic acids is 1. The van der Waals surface area contributed by atoms with E-state index in [4.69, 9.17) is 10.5 Å². The van der Waals surface area contributed by atoms with Crippen molar-refractivity contribution in [2.45, 2.75) is 72.6 Å². The van der Waals surface area contributed by atoms with Gasteiger partial charge in [-0.15, -0.1) is 0 Å². The molecule has 0 aliphatic heterocycles. The number of anilines is 1. The molecule has 4 saturated carbocycles. The van der Waals surface area contributed by atoms with Crippen molar-refractivity contribution < 1.29 is 9.53 Å². The second-order valence-electron chi connectivity index (χ2n) is 12.8. The number of methoxy groups -OCH3 is 1. The number of fused-ring (bicyclic) bond motifs is 5. The topological polar surface area (TPSA) is 77.0 Å². The first-order valence-corrected chi connectivity index (χ1v) is 14.1. The summed E-state index contributed by atoms with van der Waals surface area (Å²) in [5.74, 6) is 7.18. The number of hydrogen-bond acceptors (Lipinski definition) is 5. The largest absolute Gasteiger partial charge is 0.497 e. The van der Waals surface area contributed by atoms with Gasteiger partial charge in [0, 0.05) is 12.0 Å². The lowest BCUT2D eigenvalue weighted by Gasteiger charge is -2.56. The molecule has 0 amide bonds. The van der Waals surface area contributed by atoms with E-state index >= 15 is 0 Å². The maximum atomic E-state index is 13.7. The van der Waals surface area contributed by atoms with Crippen LogP contribution in [0.4, 0.5) is 11.4 Å². The van der Waals surface area contributed by atoms with Crippen LogP contribution in [0.1, 0.15) is 72.6 Å². The summed E-state index contributed by atoms with van der Waals surface area (Å²) in [6.45, 7) is 9.81. The molecule has 1 aromatic carbocycles. The van der Waals surface area contributed by atoms with Gasteiger partial charge in [0.2, 0.25) is 0 Å². The van der Waals surface area contributed by atoms with Gasteiger partial charge in [-0.2, -0.15) is 10.2 Å². The molecule has 5 nitrogen and oxygen atoms in total. The number of nitrogen functional groups attached to an aromatic ring is 1. The van der Waals surface area contributed by atoms with Crippen molar-refractivity contribution in [2.24, 2.45) is 68.9 Å². The summed E-state index contributed by atoms with van der Waals surface area (Å²) >= 11 is 0. The predicted octanol–water partition coefficient (Wildman–Crippen LogP) is 7.33. The molecule has 0 aromatic heterocycles. The zero-order chi connectivity index (χ0) is 24.9. The number of Topliss-reactive ketones (excluding diaryl/α,β-unsaturated/α-hetero) is 1. The normalized spacial score (nSPS) is 42.8. The van der Waals surface area contributed by atoms with Crippen LogP contribution in [0.5, 0.6) is 5.75 Å². The van der Waals surface area contributed by atoms with Gasteiger partial charge < -0.3 is 10.5 Å². The number of carbonyl (C=O) groups is 1. The van der Waals surface area contributed by atoms with Crippen LogP contribution in [-0.2, 0) is 4.79 Å². The maximum Gasteiger partial charge on any atom is 0.160 e. The van der Waals surface area contributed by atoms with E-state index in [1.165, 1.54) is 44.9 Å². The molecular formula is C30H45N3O2. The van der Waals surface area contributed by atoms with Crippen molar-refractivity contribution in [1.82, 2.24) is 0 Å². The van der Waals surface area contributed by atoms with E-state index in [9.17, 15) is 4.79 Å². The fourth-order valence-corrected chi connectivity index (χ4v) is 9.63. The van der Waals surface area contributed by atoms with E-state index in [1.54, 1.807) is 25.3 Å². The van der Waals surface area contributed by atoms with Gasteiger partial charge in [-0.1, -0.05) is 34.1 Å². The molecule has 5 rings (SSSR count). The molecule has 1 aromatic rings. The van der Waals surface area contributed by atoms with Crippen LogP contribution in [0.15, 0.2) is 28.4 Å². The minimum Gasteiger partial charge on any atom is -0.497 e. The minimum atomic E-state index is 0.0779. The van der Waals surface area contributed by atoms with Gasteiger partial charge >= 0.3 is 0 Å². The average molecular weight is 480 g/mol. The summed E-state index contributed by atoms with van der Waals surface area (Å²) in [7, 11) is 1.62. The van der Waals surface area contributed by atoms with Crippen molar-refractivity contribution in [1.29, 1.82) is 0 Å². The second-order valence-corrected chi connectivity index (χ2v) is 12.8. The molecule has 0 saturated heterocycles. The Bertz CT molecular complexity index is 976. The van der Waals surface area contributed by atoms with E-state index in [1.807, 2.05) is 0 Å². The Balaban J connectivity index is 1.32. The summed E-state index contributed by atoms with van der Waals surface area (Å²) in [6, 6.07) is 5.34. The number of azo groups is 1. The highest BCUT2D eigenvalue weighted by Gasteiger charge is 2.63. The molecule has 0 heterocycles. The Morgan fingerprint density at radius 2 is 1.83 bits per heavy atom. The van der Waals surface area contributed by atoms with Crippen LogP contribution in [0.2, 0.25) is 0 Å². The first-order valence-electron chi connectivity index (χ1n) is 14.1. The molecule has 5 heteroatoms. The molecule has 4 aliphatic carbocycles. The first-order chi connectivity index (χ1) is 16.7. The SMILES string of the molecule is COc1ccc(N)c(N=NCC(=O)[C@H]2[C@H](C)[C@@H](C)[C@H]3[C@@H]4CC[C@@H]5C[C@@H](C)CCC5C4CC[C@@]32C)c1. The number of ether oxygens (including phenoxy) is 1. The van der Waals surface area contributed by atoms with Crippen LogP contribution < -0.4 is 10.5 Å². The number of nitrogens with zero attached hydrogens (tertiary/aromatic N) is 2. The third kappa shape index (κ3) is 4.21. The number of benzene rings is 1. The van der Waals surface area contributed by atoms with Crippen LogP contribution in [0.3, 0.4) is 0 Å². The standard InChI is InChI=1S/C30H45N3O2/c1-17-6-9-22-20(14-17)7-10-24-23(22)12-13-30(4)28(24)18(2)19(3)29(30)27(34)16-32-33-26-15-21(35-5)8-11-25(26)31/h8,11,15,17-20,22-24,28-29H,6-7,9-10,12-14,16,31H2,1-5H3/t17-,18+,19+,20+,22?,23?,24+,28-,29+,30-/m0/s1. The number of rotatable bonds is 5. The summed E-state index contributed by atoms with van der Waals surface area (Å²) in [4.78, 5) is 13.7. The summed E-state index contributed by atoms with van der Waals surface area (Å²) in [6.07, 6.45) is 9.62. The molecule has 10 atom stereocenters. The van der Waals surface area contributed by atoms with Gasteiger partial charge in [0.25, 0.3) is 0 Å². The van der Waals surface area contributed by atoms with E-state index in [0.717, 1.165) is 29.6 Å². The van der Waals surface area contributed by atoms with Gasteiger partial charge in [-0.25, -0.2) is 0 Å². The fraction of sp³-hybridized carbons (Fsp3) is 0.767. The third-order valence-corrected chi connectivity index (χ3v) is 11.1. The summed E-state index contributed by atoms with van der Waals surface area (Å²) in [5, 5.41) is 8.65. The Hall–Kier alpha value is -1.91. The quantitative estimate of drug-likeness (QED) is 0.355. The van der Waals surface area contributed by atoms with E-state index < -0.39 is 0 Å². The smallest absolute Gasteiger partial charge is 0.160 e. The first kappa shape index (κ1) is 24.8. The average Bonchev–Trinajstić information content (AvgIpc) is 3.04. The van der Waals surface area contributed by atoms with Gasteiger partial charge in [-0.3, -0.25) is 4.79 Å². The molecule has 0 radical (unpaired) electrons. The molecule has 35 heavy (non-hydrogen) atoms. The lowest BCUT2D eigenvalue weighted by Crippen LogP contribution is -2.50. The van der Waals surface area contributed by atoms with Crippen molar-refractivity contribution in [3.63, 3.8) is 0 Å². The fourth-order valence-electron chi connectivity index (χ4n) is 9.63. The maximum absolute atomic E-state index is 13.7. The molecule has 0 spiro atoms. The van der Waals surface area contributed by atoms with Crippen LogP contribution in [0.25, 0.3) is 0 Å². The van der Waals surface area contributed by atoms with Gasteiger partial charge in [0.1, 0.15) is 18.0 Å². The van der Waals surface area contributed by atoms with Crippen LogP contribution >= 0.6 is 0 Å². The van der Waals surface area contributed by atoms with E-state index in [2.05, 4.69) is 37.9 Å². The number of hydrogen-bond donors (Lipinski definition) is 1. The molecule has 2 unspecified atom stereocenters. The highest BCUT2D eigenvalue weighted by Crippen LogP contribution is 2.67. The highest BCUT2D eigenvalue weighted by molar-refractivity contribution is 5.84. The van der Waals surface area contributed by atoms with E-state index in [0.29, 0.717) is 34.9 Å². The zero-order valence-electron chi connectivity index (χ0n) is 22.4. The zero-order valence-corrected chi connectivity index (χ0v) is 22.4. The van der Waals surface area contributed by atoms with Gasteiger partial charge in [-0.05, 0) is 103 Å². The number of ketones is 1. The van der Waals surface area contributed by atoms with Crippen molar-refractivity contribution in [3.8, 4) is 5.75 Å². The van der Waals surface area contributed by atoms with Gasteiger partial charge in [0.15, 0.2) is 5.78 Å². The second kappa shape index (κ2) is 9.52. The van der Waals surface area contributed by atoms with Crippen LogP contribution in [0, 0.1) is 58.7 Å². The summed E-state index contributed by atoms with van der Waals surface area (Å²) < 4.78 is 5.27. The van der Waals surface area contributed by atoms with Crippen molar-refractivity contribution in [2.75, 3.05) is 19.4 Å². The number of nitrogens with two attached hydrogens (primary N) is 1. The Labute approximate surface area is 211 Å². The van der Waals surface area contributed by atoms with E-state index in [-0.39, 0.29) is 23.7 Å². The predicted molar refractivity (Wildman–Crippen MR) is 141 cm³/mol. The van der Waals surface area contributed by atoms with Crippen molar-refractivity contribution >= 4 is 17.2 Å². The lowest BCUT2D eigenvalue weighted by atomic mass is 9.48. The monoisotopic (exact) mass is 479 g/mol. The lowest BCUT2D eigenvalue weighted by molar-refractivity contribution is -0.130. The Morgan fingerprint density at radius 1 is 1.06 bits per heavy atom.